The number of aromatic nitrogens is 1. The third kappa shape index (κ3) is 3.85. The van der Waals surface area contributed by atoms with Gasteiger partial charge in [0.15, 0.2) is 0 Å². The van der Waals surface area contributed by atoms with Gasteiger partial charge in [-0.1, -0.05) is 20.8 Å². The summed E-state index contributed by atoms with van der Waals surface area (Å²) in [7, 11) is 1.72. The van der Waals surface area contributed by atoms with Gasteiger partial charge in [-0.25, -0.2) is 4.98 Å². The summed E-state index contributed by atoms with van der Waals surface area (Å²) in [6.45, 7) is 11.2. The van der Waals surface area contributed by atoms with Gasteiger partial charge in [-0.2, -0.15) is 0 Å². The van der Waals surface area contributed by atoms with Crippen molar-refractivity contribution in [3.63, 3.8) is 0 Å². The zero-order valence-electron chi connectivity index (χ0n) is 10.9. The largest absolute Gasteiger partial charge is 0.383 e. The second kappa shape index (κ2) is 5.75. The normalized spacial score (nSPS) is 12.1. The molecule has 0 spiro atoms. The van der Waals surface area contributed by atoms with Gasteiger partial charge in [-0.3, -0.25) is 0 Å². The standard InChI is InChI=1S/C12H22N2OS/c1-9-14-11(12(2,3)4)10(16-9)8-13-6-7-15-5/h13H,6-8H2,1-5H3. The highest BCUT2D eigenvalue weighted by atomic mass is 32.1. The SMILES string of the molecule is COCCNCc1sc(C)nc1C(C)(C)C. The molecule has 92 valence electrons. The lowest BCUT2D eigenvalue weighted by Crippen LogP contribution is -2.21. The molecule has 1 rings (SSSR count). The number of hydrogen-bond acceptors (Lipinski definition) is 4. The first-order valence-corrected chi connectivity index (χ1v) is 6.43. The number of nitrogens with zero attached hydrogens (tertiary/aromatic N) is 1. The molecule has 1 aromatic heterocycles. The van der Waals surface area contributed by atoms with Gasteiger partial charge in [0.1, 0.15) is 0 Å². The molecule has 0 aliphatic heterocycles. The highest BCUT2D eigenvalue weighted by molar-refractivity contribution is 7.11. The van der Waals surface area contributed by atoms with Crippen LogP contribution in [0.2, 0.25) is 0 Å². The molecule has 0 amide bonds. The molecule has 0 aliphatic rings. The van der Waals surface area contributed by atoms with Gasteiger partial charge in [0, 0.05) is 30.5 Å². The van der Waals surface area contributed by atoms with Crippen molar-refractivity contribution < 1.29 is 4.74 Å². The number of aryl methyl sites for hydroxylation is 1. The third-order valence-corrected chi connectivity index (χ3v) is 3.25. The zero-order valence-corrected chi connectivity index (χ0v) is 11.7. The average Bonchev–Trinajstić information content (AvgIpc) is 2.54. The molecule has 4 heteroatoms. The lowest BCUT2D eigenvalue weighted by molar-refractivity contribution is 0.199. The predicted octanol–water partition coefficient (Wildman–Crippen LogP) is 2.49. The minimum absolute atomic E-state index is 0.128. The molecule has 0 bridgehead atoms. The Morgan fingerprint density at radius 1 is 1.38 bits per heavy atom. The van der Waals surface area contributed by atoms with E-state index < -0.39 is 0 Å². The van der Waals surface area contributed by atoms with Crippen LogP contribution in [-0.2, 0) is 16.7 Å². The van der Waals surface area contributed by atoms with E-state index in [1.807, 2.05) is 0 Å². The Bertz CT molecular complexity index is 328. The van der Waals surface area contributed by atoms with Crippen molar-refractivity contribution in [1.29, 1.82) is 0 Å². The third-order valence-electron chi connectivity index (χ3n) is 2.28. The van der Waals surface area contributed by atoms with Crippen molar-refractivity contribution >= 4 is 11.3 Å². The fourth-order valence-corrected chi connectivity index (χ4v) is 2.67. The first-order valence-electron chi connectivity index (χ1n) is 5.61. The van der Waals surface area contributed by atoms with Crippen LogP contribution in [0.25, 0.3) is 0 Å². The van der Waals surface area contributed by atoms with Gasteiger partial charge in [-0.15, -0.1) is 11.3 Å². The minimum Gasteiger partial charge on any atom is -0.383 e. The number of nitrogens with one attached hydrogen (secondary N) is 1. The Balaban J connectivity index is 2.65. The highest BCUT2D eigenvalue weighted by Gasteiger charge is 2.21. The van der Waals surface area contributed by atoms with E-state index in [4.69, 9.17) is 4.74 Å². The van der Waals surface area contributed by atoms with E-state index >= 15 is 0 Å². The Labute approximate surface area is 102 Å². The smallest absolute Gasteiger partial charge is 0.0900 e. The second-order valence-electron chi connectivity index (χ2n) is 4.92. The summed E-state index contributed by atoms with van der Waals surface area (Å²) in [5.74, 6) is 0. The van der Waals surface area contributed by atoms with Crippen LogP contribution >= 0.6 is 11.3 Å². The van der Waals surface area contributed by atoms with Crippen molar-refractivity contribution in [3.05, 3.63) is 15.6 Å². The van der Waals surface area contributed by atoms with Crippen LogP contribution in [0.15, 0.2) is 0 Å². The molecule has 0 radical (unpaired) electrons. The molecule has 1 N–H and O–H groups in total. The molecule has 0 aliphatic carbocycles. The van der Waals surface area contributed by atoms with Crippen molar-refractivity contribution in [3.8, 4) is 0 Å². The Morgan fingerprint density at radius 2 is 2.06 bits per heavy atom. The molecule has 0 atom stereocenters. The van der Waals surface area contributed by atoms with Crippen LogP contribution in [0, 0.1) is 6.92 Å². The fourth-order valence-electron chi connectivity index (χ4n) is 1.55. The highest BCUT2D eigenvalue weighted by Crippen LogP contribution is 2.29. The van der Waals surface area contributed by atoms with Gasteiger partial charge in [-0.05, 0) is 6.92 Å². The van der Waals surface area contributed by atoms with E-state index in [0.717, 1.165) is 24.7 Å². The molecular weight excluding hydrogens is 220 g/mol. The van der Waals surface area contributed by atoms with E-state index in [1.54, 1.807) is 18.4 Å². The summed E-state index contributed by atoms with van der Waals surface area (Å²) in [6, 6.07) is 0. The van der Waals surface area contributed by atoms with Gasteiger partial charge in [0.2, 0.25) is 0 Å². The minimum atomic E-state index is 0.128. The van der Waals surface area contributed by atoms with Gasteiger partial charge in [0.05, 0.1) is 17.3 Å². The van der Waals surface area contributed by atoms with E-state index in [-0.39, 0.29) is 5.41 Å². The number of hydrogen-bond donors (Lipinski definition) is 1. The number of methoxy groups -OCH3 is 1. The van der Waals surface area contributed by atoms with Gasteiger partial charge < -0.3 is 10.1 Å². The van der Waals surface area contributed by atoms with Crippen LogP contribution in [0.1, 0.15) is 36.3 Å². The van der Waals surface area contributed by atoms with Crippen molar-refractivity contribution in [1.82, 2.24) is 10.3 Å². The molecular formula is C12H22N2OS. The molecule has 0 fully saturated rings. The van der Waals surface area contributed by atoms with E-state index in [1.165, 1.54) is 10.6 Å². The van der Waals surface area contributed by atoms with Crippen LogP contribution in [-0.4, -0.2) is 25.2 Å². The zero-order chi connectivity index (χ0) is 12.2. The molecule has 3 nitrogen and oxygen atoms in total. The summed E-state index contributed by atoms with van der Waals surface area (Å²) in [6.07, 6.45) is 0. The van der Waals surface area contributed by atoms with Gasteiger partial charge >= 0.3 is 0 Å². The monoisotopic (exact) mass is 242 g/mol. The Morgan fingerprint density at radius 3 is 2.62 bits per heavy atom. The Hall–Kier alpha value is -0.450. The molecule has 1 heterocycles. The topological polar surface area (TPSA) is 34.1 Å². The van der Waals surface area contributed by atoms with Crippen molar-refractivity contribution in [2.24, 2.45) is 0 Å². The average molecular weight is 242 g/mol. The van der Waals surface area contributed by atoms with Crippen LogP contribution in [0.5, 0.6) is 0 Å². The molecule has 0 unspecified atom stereocenters. The van der Waals surface area contributed by atoms with E-state index in [9.17, 15) is 0 Å². The summed E-state index contributed by atoms with van der Waals surface area (Å²) in [5.41, 5.74) is 1.35. The number of rotatable bonds is 5. The fraction of sp³-hybridized carbons (Fsp3) is 0.750. The van der Waals surface area contributed by atoms with Gasteiger partial charge in [0.25, 0.3) is 0 Å². The van der Waals surface area contributed by atoms with E-state index in [0.29, 0.717) is 0 Å². The first kappa shape index (κ1) is 13.6. The second-order valence-corrected chi connectivity index (χ2v) is 6.21. The Kier molecular flexibility index (Phi) is 4.89. The first-order chi connectivity index (χ1) is 7.45. The quantitative estimate of drug-likeness (QED) is 0.806. The summed E-state index contributed by atoms with van der Waals surface area (Å²) >= 11 is 1.78. The maximum Gasteiger partial charge on any atom is 0.0900 e. The van der Waals surface area contributed by atoms with Crippen LogP contribution in [0.4, 0.5) is 0 Å². The number of ether oxygens (including phenoxy) is 1. The van der Waals surface area contributed by atoms with Crippen molar-refractivity contribution in [2.75, 3.05) is 20.3 Å². The summed E-state index contributed by atoms with van der Waals surface area (Å²) in [5, 5.41) is 4.52. The maximum absolute atomic E-state index is 5.01. The lowest BCUT2D eigenvalue weighted by Gasteiger charge is -2.17. The molecule has 1 aromatic rings. The molecule has 0 saturated heterocycles. The maximum atomic E-state index is 5.01. The lowest BCUT2D eigenvalue weighted by atomic mass is 9.91. The van der Waals surface area contributed by atoms with Crippen molar-refractivity contribution in [2.45, 2.75) is 39.7 Å². The van der Waals surface area contributed by atoms with Crippen LogP contribution < -0.4 is 5.32 Å². The summed E-state index contributed by atoms with van der Waals surface area (Å²) in [4.78, 5) is 5.98. The molecule has 16 heavy (non-hydrogen) atoms. The number of thiazole rings is 1. The van der Waals surface area contributed by atoms with E-state index in [2.05, 4.69) is 38.0 Å². The summed E-state index contributed by atoms with van der Waals surface area (Å²) < 4.78 is 5.01. The predicted molar refractivity (Wildman–Crippen MR) is 69.1 cm³/mol. The molecule has 0 saturated carbocycles. The van der Waals surface area contributed by atoms with Crippen LogP contribution in [0.3, 0.4) is 0 Å². The molecule has 0 aromatic carbocycles.